The van der Waals surface area contributed by atoms with Gasteiger partial charge in [-0.15, -0.1) is 0 Å². The van der Waals surface area contributed by atoms with Crippen molar-refractivity contribution in [2.45, 2.75) is 52.1 Å². The molecule has 3 nitrogen and oxygen atoms in total. The molecule has 1 unspecified atom stereocenters. The maximum atomic E-state index is 5.71. The van der Waals surface area contributed by atoms with Crippen LogP contribution in [0.4, 0.5) is 0 Å². The highest BCUT2D eigenvalue weighted by atomic mass is 15.0. The van der Waals surface area contributed by atoms with Crippen molar-refractivity contribution in [1.29, 1.82) is 0 Å². The minimum absolute atomic E-state index is 0.203. The van der Waals surface area contributed by atoms with Gasteiger partial charge in [0.05, 0.1) is 12.0 Å². The molecule has 3 heteroatoms. The van der Waals surface area contributed by atoms with Gasteiger partial charge in [-0.1, -0.05) is 19.8 Å². The van der Waals surface area contributed by atoms with Crippen molar-refractivity contribution >= 4 is 0 Å². The van der Waals surface area contributed by atoms with Crippen LogP contribution in [0.1, 0.15) is 38.8 Å². The van der Waals surface area contributed by atoms with E-state index in [-0.39, 0.29) is 6.04 Å². The van der Waals surface area contributed by atoms with Gasteiger partial charge in [-0.2, -0.15) is 0 Å². The van der Waals surface area contributed by atoms with Crippen LogP contribution in [-0.4, -0.2) is 15.6 Å². The SMILES string of the molecule is CCCCCn1cnc(CC(C)N)c1. The first kappa shape index (κ1) is 11.2. The third-order valence-electron chi connectivity index (χ3n) is 2.24. The molecule has 0 aliphatic rings. The number of hydrogen-bond donors (Lipinski definition) is 1. The van der Waals surface area contributed by atoms with Gasteiger partial charge in [-0.05, 0) is 13.3 Å². The Morgan fingerprint density at radius 2 is 2.29 bits per heavy atom. The highest BCUT2D eigenvalue weighted by molar-refractivity contribution is 4.98. The number of nitrogens with zero attached hydrogens (tertiary/aromatic N) is 2. The third-order valence-corrected chi connectivity index (χ3v) is 2.24. The van der Waals surface area contributed by atoms with Gasteiger partial charge in [0.25, 0.3) is 0 Å². The van der Waals surface area contributed by atoms with Crippen LogP contribution in [0, 0.1) is 0 Å². The fourth-order valence-corrected chi connectivity index (χ4v) is 1.51. The molecule has 80 valence electrons. The van der Waals surface area contributed by atoms with Crippen molar-refractivity contribution in [1.82, 2.24) is 9.55 Å². The van der Waals surface area contributed by atoms with E-state index in [4.69, 9.17) is 5.73 Å². The zero-order valence-electron chi connectivity index (χ0n) is 9.24. The van der Waals surface area contributed by atoms with E-state index in [1.807, 2.05) is 13.3 Å². The van der Waals surface area contributed by atoms with Crippen LogP contribution in [0.3, 0.4) is 0 Å². The van der Waals surface area contributed by atoms with Crippen molar-refractivity contribution < 1.29 is 0 Å². The Labute approximate surface area is 86.3 Å². The molecule has 0 saturated carbocycles. The van der Waals surface area contributed by atoms with Crippen molar-refractivity contribution in [2.75, 3.05) is 0 Å². The quantitative estimate of drug-likeness (QED) is 0.705. The van der Waals surface area contributed by atoms with Crippen LogP contribution in [0.2, 0.25) is 0 Å². The van der Waals surface area contributed by atoms with Crippen LogP contribution >= 0.6 is 0 Å². The van der Waals surface area contributed by atoms with Crippen molar-refractivity contribution in [3.63, 3.8) is 0 Å². The molecule has 0 aliphatic heterocycles. The first-order valence-electron chi connectivity index (χ1n) is 5.48. The average Bonchev–Trinajstić information content (AvgIpc) is 2.52. The van der Waals surface area contributed by atoms with E-state index in [0.29, 0.717) is 0 Å². The molecule has 0 amide bonds. The lowest BCUT2D eigenvalue weighted by Gasteiger charge is -2.01. The minimum atomic E-state index is 0.203. The second kappa shape index (κ2) is 5.81. The fraction of sp³-hybridized carbons (Fsp3) is 0.727. The number of rotatable bonds is 6. The van der Waals surface area contributed by atoms with Crippen LogP contribution in [-0.2, 0) is 13.0 Å². The molecule has 0 bridgehead atoms. The smallest absolute Gasteiger partial charge is 0.0949 e. The molecule has 1 heterocycles. The minimum Gasteiger partial charge on any atom is -0.337 e. The number of nitrogens with two attached hydrogens (primary N) is 1. The summed E-state index contributed by atoms with van der Waals surface area (Å²) in [5.74, 6) is 0. The van der Waals surface area contributed by atoms with E-state index in [1.54, 1.807) is 0 Å². The summed E-state index contributed by atoms with van der Waals surface area (Å²) >= 11 is 0. The Morgan fingerprint density at radius 3 is 2.93 bits per heavy atom. The van der Waals surface area contributed by atoms with Crippen LogP contribution in [0.25, 0.3) is 0 Å². The average molecular weight is 195 g/mol. The van der Waals surface area contributed by atoms with Crippen molar-refractivity contribution in [2.24, 2.45) is 5.73 Å². The molecule has 0 spiro atoms. The largest absolute Gasteiger partial charge is 0.337 e. The molecule has 0 aromatic carbocycles. The van der Waals surface area contributed by atoms with Crippen LogP contribution in [0.15, 0.2) is 12.5 Å². The van der Waals surface area contributed by atoms with Gasteiger partial charge in [-0.25, -0.2) is 4.98 Å². The summed E-state index contributed by atoms with van der Waals surface area (Å²) < 4.78 is 2.16. The molecular formula is C11H21N3. The van der Waals surface area contributed by atoms with Gasteiger partial charge in [0, 0.05) is 25.2 Å². The number of imidazole rings is 1. The van der Waals surface area contributed by atoms with Gasteiger partial charge >= 0.3 is 0 Å². The maximum Gasteiger partial charge on any atom is 0.0949 e. The molecule has 0 saturated heterocycles. The van der Waals surface area contributed by atoms with E-state index in [1.165, 1.54) is 19.3 Å². The Bertz CT molecular complexity index is 253. The highest BCUT2D eigenvalue weighted by Crippen LogP contribution is 2.02. The summed E-state index contributed by atoms with van der Waals surface area (Å²) in [6.07, 6.45) is 8.69. The Morgan fingerprint density at radius 1 is 1.50 bits per heavy atom. The first-order chi connectivity index (χ1) is 6.72. The van der Waals surface area contributed by atoms with Crippen molar-refractivity contribution in [3.05, 3.63) is 18.2 Å². The second-order valence-electron chi connectivity index (χ2n) is 3.99. The molecule has 2 N–H and O–H groups in total. The summed E-state index contributed by atoms with van der Waals surface area (Å²) in [7, 11) is 0. The number of aryl methyl sites for hydroxylation is 1. The van der Waals surface area contributed by atoms with Gasteiger partial charge in [-0.3, -0.25) is 0 Å². The molecule has 14 heavy (non-hydrogen) atoms. The Kier molecular flexibility index (Phi) is 4.66. The summed E-state index contributed by atoms with van der Waals surface area (Å²) in [5, 5.41) is 0. The zero-order chi connectivity index (χ0) is 10.4. The zero-order valence-corrected chi connectivity index (χ0v) is 9.24. The predicted molar refractivity (Wildman–Crippen MR) is 59.1 cm³/mol. The standard InChI is InChI=1S/C11H21N3/c1-3-4-5-6-14-8-11(13-9-14)7-10(2)12/h8-10H,3-7,12H2,1-2H3. The molecule has 1 aromatic rings. The molecule has 0 fully saturated rings. The molecular weight excluding hydrogens is 174 g/mol. The van der Waals surface area contributed by atoms with E-state index < -0.39 is 0 Å². The van der Waals surface area contributed by atoms with Gasteiger partial charge < -0.3 is 10.3 Å². The summed E-state index contributed by atoms with van der Waals surface area (Å²) in [6.45, 7) is 5.31. The van der Waals surface area contributed by atoms with Crippen LogP contribution in [0.5, 0.6) is 0 Å². The summed E-state index contributed by atoms with van der Waals surface area (Å²) in [5.41, 5.74) is 6.81. The number of aromatic nitrogens is 2. The van der Waals surface area contributed by atoms with E-state index in [0.717, 1.165) is 18.7 Å². The lowest BCUT2D eigenvalue weighted by Crippen LogP contribution is -2.17. The van der Waals surface area contributed by atoms with Crippen LogP contribution < -0.4 is 5.73 Å². The molecule has 1 rings (SSSR count). The monoisotopic (exact) mass is 195 g/mol. The number of hydrogen-bond acceptors (Lipinski definition) is 2. The Balaban J connectivity index is 2.35. The van der Waals surface area contributed by atoms with Gasteiger partial charge in [0.2, 0.25) is 0 Å². The number of unbranched alkanes of at least 4 members (excludes halogenated alkanes) is 2. The third kappa shape index (κ3) is 3.92. The second-order valence-corrected chi connectivity index (χ2v) is 3.99. The molecule has 0 aliphatic carbocycles. The maximum absolute atomic E-state index is 5.71. The van der Waals surface area contributed by atoms with Gasteiger partial charge in [0.1, 0.15) is 0 Å². The Hall–Kier alpha value is -0.830. The predicted octanol–water partition coefficient (Wildman–Crippen LogP) is 1.96. The highest BCUT2D eigenvalue weighted by Gasteiger charge is 2.01. The lowest BCUT2D eigenvalue weighted by molar-refractivity contribution is 0.601. The normalized spacial score (nSPS) is 13.1. The molecule has 1 atom stereocenters. The molecule has 1 aromatic heterocycles. The van der Waals surface area contributed by atoms with E-state index >= 15 is 0 Å². The van der Waals surface area contributed by atoms with Gasteiger partial charge in [0.15, 0.2) is 0 Å². The summed E-state index contributed by atoms with van der Waals surface area (Å²) in [4.78, 5) is 4.32. The summed E-state index contributed by atoms with van der Waals surface area (Å²) in [6, 6.07) is 0.203. The van der Waals surface area contributed by atoms with E-state index in [9.17, 15) is 0 Å². The van der Waals surface area contributed by atoms with E-state index in [2.05, 4.69) is 22.7 Å². The fourth-order valence-electron chi connectivity index (χ4n) is 1.51. The first-order valence-corrected chi connectivity index (χ1v) is 5.48. The topological polar surface area (TPSA) is 43.8 Å². The van der Waals surface area contributed by atoms with Crippen molar-refractivity contribution in [3.8, 4) is 0 Å². The lowest BCUT2D eigenvalue weighted by atomic mass is 10.2. The molecule has 0 radical (unpaired) electrons.